The minimum Gasteiger partial charge on any atom is -0.370 e. The van der Waals surface area contributed by atoms with Gasteiger partial charge in [-0.3, -0.25) is 0 Å². The molecule has 172 valence electrons. The number of halogens is 1. The molecule has 5 nitrogen and oxygen atoms in total. The van der Waals surface area contributed by atoms with Crippen molar-refractivity contribution in [2.75, 3.05) is 23.3 Å². The van der Waals surface area contributed by atoms with Crippen LogP contribution in [0.25, 0.3) is 10.9 Å². The molecule has 1 aromatic heterocycles. The van der Waals surface area contributed by atoms with Crippen molar-refractivity contribution in [3.05, 3.63) is 64.2 Å². The van der Waals surface area contributed by atoms with Gasteiger partial charge in [0.1, 0.15) is 17.5 Å². The Kier molecular flexibility index (Phi) is 6.78. The van der Waals surface area contributed by atoms with Crippen LogP contribution in [0.15, 0.2) is 42.5 Å². The molecule has 1 saturated heterocycles. The van der Waals surface area contributed by atoms with E-state index in [1.54, 1.807) is 0 Å². The van der Waals surface area contributed by atoms with Gasteiger partial charge < -0.3 is 15.5 Å². The number of hydrogen-bond donors (Lipinski definition) is 2. The summed E-state index contributed by atoms with van der Waals surface area (Å²) in [4.78, 5) is 7.27. The maximum absolute atomic E-state index is 10.2. The third-order valence-corrected chi connectivity index (χ3v) is 6.38. The molecule has 0 aliphatic carbocycles. The van der Waals surface area contributed by atoms with Crippen molar-refractivity contribution >= 4 is 34.0 Å². The van der Waals surface area contributed by atoms with Crippen LogP contribution in [0.2, 0.25) is 5.02 Å². The minimum atomic E-state index is 0.101. The topological polar surface area (TPSA) is 64.0 Å². The molecule has 0 radical (unpaired) electrons. The number of hydrogen-bond acceptors (Lipinski definition) is 5. The summed E-state index contributed by atoms with van der Waals surface area (Å²) in [7, 11) is 0. The van der Waals surface area contributed by atoms with Crippen LogP contribution >= 0.6 is 11.6 Å². The maximum Gasteiger partial charge on any atom is 0.147 e. The first kappa shape index (κ1) is 23.4. The molecule has 2 heterocycles. The number of nitriles is 1. The highest BCUT2D eigenvalue weighted by Crippen LogP contribution is 2.36. The molecular weight excluding hydrogens is 430 g/mol. The van der Waals surface area contributed by atoms with Gasteiger partial charge in [-0.1, -0.05) is 41.9 Å². The lowest BCUT2D eigenvalue weighted by Gasteiger charge is -2.38. The summed E-state index contributed by atoms with van der Waals surface area (Å²) in [5.41, 5.74) is 4.86. The zero-order chi connectivity index (χ0) is 23.6. The van der Waals surface area contributed by atoms with Gasteiger partial charge in [0.05, 0.1) is 11.2 Å². The van der Waals surface area contributed by atoms with Gasteiger partial charge in [0.2, 0.25) is 0 Å². The zero-order valence-electron chi connectivity index (χ0n) is 19.9. The van der Waals surface area contributed by atoms with Gasteiger partial charge in [-0.2, -0.15) is 5.26 Å². The van der Waals surface area contributed by atoms with Crippen molar-refractivity contribution in [1.29, 1.82) is 5.26 Å². The molecule has 1 aliphatic heterocycles. The third kappa shape index (κ3) is 5.40. The zero-order valence-corrected chi connectivity index (χ0v) is 20.6. The molecule has 3 aromatic rings. The summed E-state index contributed by atoms with van der Waals surface area (Å²) in [6.45, 7) is 11.1. The Hall–Kier alpha value is -2.81. The lowest BCUT2D eigenvalue weighted by atomic mass is 9.97. The largest absolute Gasteiger partial charge is 0.370 e. The fourth-order valence-corrected chi connectivity index (χ4v) is 4.75. The van der Waals surface area contributed by atoms with Gasteiger partial charge >= 0.3 is 0 Å². The second-order valence-corrected chi connectivity index (χ2v) is 10.3. The number of piperidine rings is 1. The maximum atomic E-state index is 10.2. The molecule has 0 bridgehead atoms. The van der Waals surface area contributed by atoms with Crippen molar-refractivity contribution in [2.45, 2.75) is 58.7 Å². The predicted octanol–water partition coefficient (Wildman–Crippen LogP) is 6.04. The van der Waals surface area contributed by atoms with Crippen LogP contribution in [-0.2, 0) is 6.54 Å². The van der Waals surface area contributed by atoms with Gasteiger partial charge in [-0.25, -0.2) is 4.98 Å². The molecule has 0 unspecified atom stereocenters. The summed E-state index contributed by atoms with van der Waals surface area (Å²) in [5, 5.41) is 19.1. The van der Waals surface area contributed by atoms with Gasteiger partial charge in [-0.15, -0.1) is 0 Å². The van der Waals surface area contributed by atoms with Crippen LogP contribution in [0.5, 0.6) is 0 Å². The van der Waals surface area contributed by atoms with Crippen LogP contribution in [0, 0.1) is 18.3 Å². The number of aromatic nitrogens is 1. The minimum absolute atomic E-state index is 0.101. The Morgan fingerprint density at radius 3 is 2.45 bits per heavy atom. The fourth-order valence-electron chi connectivity index (χ4n) is 4.62. The summed E-state index contributed by atoms with van der Waals surface area (Å²) in [6, 6.07) is 16.9. The summed E-state index contributed by atoms with van der Waals surface area (Å²) < 4.78 is 0. The summed E-state index contributed by atoms with van der Waals surface area (Å²) >= 11 is 6.03. The standard InChI is InChI=1S/C27H32ClN5/c1-18-6-5-7-22-24(18)31-26(30-17-19-8-10-20(28)11-9-19)23(16-29)25(22)33-14-12-21(13-15-33)32-27(2,3)4/h5-11,21,32H,12-15,17H2,1-4H3,(H,30,31). The predicted molar refractivity (Wildman–Crippen MR) is 138 cm³/mol. The third-order valence-electron chi connectivity index (χ3n) is 6.12. The van der Waals surface area contributed by atoms with Crippen LogP contribution in [0.1, 0.15) is 50.3 Å². The number of aryl methyl sites for hydroxylation is 1. The SMILES string of the molecule is Cc1cccc2c(N3CCC(NC(C)(C)C)CC3)c(C#N)c(NCc3ccc(Cl)cc3)nc12. The van der Waals surface area contributed by atoms with Crippen molar-refractivity contribution in [2.24, 2.45) is 0 Å². The highest BCUT2D eigenvalue weighted by Gasteiger charge is 2.27. The molecule has 0 atom stereocenters. The average molecular weight is 462 g/mol. The highest BCUT2D eigenvalue weighted by atomic mass is 35.5. The lowest BCUT2D eigenvalue weighted by Crippen LogP contribution is -2.49. The Morgan fingerprint density at radius 1 is 1.12 bits per heavy atom. The quantitative estimate of drug-likeness (QED) is 0.485. The van der Waals surface area contributed by atoms with E-state index in [9.17, 15) is 5.26 Å². The van der Waals surface area contributed by atoms with E-state index in [-0.39, 0.29) is 5.54 Å². The molecule has 4 rings (SSSR count). The van der Waals surface area contributed by atoms with Crippen LogP contribution in [-0.4, -0.2) is 29.7 Å². The Balaban J connectivity index is 1.68. The second-order valence-electron chi connectivity index (χ2n) is 9.90. The first-order chi connectivity index (χ1) is 15.7. The molecule has 0 saturated carbocycles. The first-order valence-corrected chi connectivity index (χ1v) is 12.0. The van der Waals surface area contributed by atoms with E-state index in [1.807, 2.05) is 24.3 Å². The van der Waals surface area contributed by atoms with E-state index in [1.165, 1.54) is 0 Å². The van der Waals surface area contributed by atoms with Gasteiger partial charge in [0.25, 0.3) is 0 Å². The van der Waals surface area contributed by atoms with Crippen molar-refractivity contribution < 1.29 is 0 Å². The molecular formula is C27H32ClN5. The number of anilines is 2. The molecule has 6 heteroatoms. The summed E-state index contributed by atoms with van der Waals surface area (Å²) in [5.74, 6) is 0.638. The van der Waals surface area contributed by atoms with E-state index in [4.69, 9.17) is 16.6 Å². The van der Waals surface area contributed by atoms with Crippen LogP contribution in [0.3, 0.4) is 0 Å². The van der Waals surface area contributed by atoms with Crippen LogP contribution < -0.4 is 15.5 Å². The first-order valence-electron chi connectivity index (χ1n) is 11.6. The number of benzene rings is 2. The van der Waals surface area contributed by atoms with E-state index < -0.39 is 0 Å². The van der Waals surface area contributed by atoms with Gasteiger partial charge in [-0.05, 0) is 63.8 Å². The Bertz CT molecular complexity index is 1170. The average Bonchev–Trinajstić information content (AvgIpc) is 2.78. The monoisotopic (exact) mass is 461 g/mol. The van der Waals surface area contributed by atoms with E-state index >= 15 is 0 Å². The Labute approximate surface area is 201 Å². The Morgan fingerprint density at radius 2 is 1.82 bits per heavy atom. The van der Waals surface area contributed by atoms with Crippen LogP contribution in [0.4, 0.5) is 11.5 Å². The molecule has 1 fully saturated rings. The van der Waals surface area contributed by atoms with Crippen molar-refractivity contribution in [1.82, 2.24) is 10.3 Å². The normalized spacial score (nSPS) is 15.0. The number of pyridine rings is 1. The molecule has 0 spiro atoms. The van der Waals surface area contributed by atoms with E-state index in [2.05, 4.69) is 67.5 Å². The van der Waals surface area contributed by atoms with Crippen molar-refractivity contribution in [3.63, 3.8) is 0 Å². The lowest BCUT2D eigenvalue weighted by molar-refractivity contribution is 0.317. The summed E-state index contributed by atoms with van der Waals surface area (Å²) in [6.07, 6.45) is 2.09. The molecule has 33 heavy (non-hydrogen) atoms. The molecule has 2 aromatic carbocycles. The number of rotatable bonds is 5. The van der Waals surface area contributed by atoms with Gasteiger partial charge in [0, 0.05) is 41.6 Å². The van der Waals surface area contributed by atoms with E-state index in [0.717, 1.165) is 53.6 Å². The highest BCUT2D eigenvalue weighted by molar-refractivity contribution is 6.30. The number of fused-ring (bicyclic) bond motifs is 1. The number of nitrogens with one attached hydrogen (secondary N) is 2. The number of nitrogens with zero attached hydrogens (tertiary/aromatic N) is 3. The smallest absolute Gasteiger partial charge is 0.147 e. The molecule has 1 aliphatic rings. The molecule has 2 N–H and O–H groups in total. The second kappa shape index (κ2) is 9.59. The van der Waals surface area contributed by atoms with Gasteiger partial charge in [0.15, 0.2) is 0 Å². The van der Waals surface area contributed by atoms with E-state index in [0.29, 0.717) is 29.0 Å². The molecule has 0 amide bonds. The fraction of sp³-hybridized carbons (Fsp3) is 0.407. The van der Waals surface area contributed by atoms with Crippen molar-refractivity contribution in [3.8, 4) is 6.07 Å². The number of para-hydroxylation sites is 1.